The average molecular weight is 313 g/mol. The van der Waals surface area contributed by atoms with E-state index < -0.39 is 5.97 Å². The van der Waals surface area contributed by atoms with Gasteiger partial charge in [0.25, 0.3) is 0 Å². The highest BCUT2D eigenvalue weighted by molar-refractivity contribution is 5.89. The monoisotopic (exact) mass is 313 g/mol. The Labute approximate surface area is 137 Å². The molecule has 1 aromatic carbocycles. The fourth-order valence-electron chi connectivity index (χ4n) is 2.46. The fraction of sp³-hybridized carbons (Fsp3) is 0.368. The molecule has 0 amide bonds. The van der Waals surface area contributed by atoms with E-state index in [4.69, 9.17) is 4.74 Å². The molecule has 0 aliphatic heterocycles. The van der Waals surface area contributed by atoms with Crippen molar-refractivity contribution in [3.05, 3.63) is 47.2 Å². The van der Waals surface area contributed by atoms with Crippen LogP contribution in [0.25, 0.3) is 11.3 Å². The van der Waals surface area contributed by atoms with Crippen LogP contribution in [0.3, 0.4) is 0 Å². The molecule has 2 rings (SSSR count). The number of carbonyl (C=O) groups is 1. The molecule has 0 aliphatic carbocycles. The standard InChI is InChI=1S/C19H23NO3/c1-4-6-16-14(19(21)22)8-9-17(20-16)15-12-13(3)7-10-18(15)23-11-5-2/h7-10,12H,4-6,11H2,1-3H3,(H,21,22). The van der Waals surface area contributed by atoms with Gasteiger partial charge in [0.05, 0.1) is 23.6 Å². The second kappa shape index (κ2) is 7.77. The summed E-state index contributed by atoms with van der Waals surface area (Å²) in [5, 5.41) is 9.30. The van der Waals surface area contributed by atoms with E-state index in [9.17, 15) is 9.90 Å². The minimum absolute atomic E-state index is 0.277. The molecule has 1 aromatic heterocycles. The van der Waals surface area contributed by atoms with Crippen LogP contribution in [0.2, 0.25) is 0 Å². The molecule has 2 aromatic rings. The molecule has 0 bridgehead atoms. The van der Waals surface area contributed by atoms with Crippen molar-refractivity contribution < 1.29 is 14.6 Å². The number of aromatic nitrogens is 1. The van der Waals surface area contributed by atoms with Gasteiger partial charge >= 0.3 is 5.97 Å². The first kappa shape index (κ1) is 17.0. The van der Waals surface area contributed by atoms with Gasteiger partial charge in [-0.25, -0.2) is 4.79 Å². The molecule has 0 unspecified atom stereocenters. The van der Waals surface area contributed by atoms with Gasteiger partial charge in [0, 0.05) is 5.56 Å². The summed E-state index contributed by atoms with van der Waals surface area (Å²) in [6.07, 6.45) is 2.43. The number of hydrogen-bond acceptors (Lipinski definition) is 3. The van der Waals surface area contributed by atoms with E-state index >= 15 is 0 Å². The first-order valence-corrected chi connectivity index (χ1v) is 8.03. The summed E-state index contributed by atoms with van der Waals surface area (Å²) in [6.45, 7) is 6.74. The van der Waals surface area contributed by atoms with Crippen molar-refractivity contribution in [2.45, 2.75) is 40.0 Å². The molecular weight excluding hydrogens is 290 g/mol. The van der Waals surface area contributed by atoms with Crippen LogP contribution in [0, 0.1) is 6.92 Å². The van der Waals surface area contributed by atoms with Gasteiger partial charge in [0.15, 0.2) is 0 Å². The van der Waals surface area contributed by atoms with Gasteiger partial charge in [-0.3, -0.25) is 4.98 Å². The minimum Gasteiger partial charge on any atom is -0.493 e. The summed E-state index contributed by atoms with van der Waals surface area (Å²) >= 11 is 0. The van der Waals surface area contributed by atoms with Crippen molar-refractivity contribution in [3.8, 4) is 17.0 Å². The number of ether oxygens (including phenoxy) is 1. The molecule has 0 radical (unpaired) electrons. The van der Waals surface area contributed by atoms with E-state index in [1.54, 1.807) is 12.1 Å². The predicted molar refractivity (Wildman–Crippen MR) is 91.2 cm³/mol. The quantitative estimate of drug-likeness (QED) is 0.817. The van der Waals surface area contributed by atoms with Gasteiger partial charge in [-0.05, 0) is 44.0 Å². The third-order valence-corrected chi connectivity index (χ3v) is 3.56. The Morgan fingerprint density at radius 2 is 1.96 bits per heavy atom. The number of hydrogen-bond donors (Lipinski definition) is 1. The minimum atomic E-state index is -0.931. The van der Waals surface area contributed by atoms with Crippen molar-refractivity contribution >= 4 is 5.97 Å². The van der Waals surface area contributed by atoms with E-state index in [1.807, 2.05) is 32.0 Å². The number of carboxylic acids is 1. The predicted octanol–water partition coefficient (Wildman–Crippen LogP) is 4.50. The lowest BCUT2D eigenvalue weighted by molar-refractivity contribution is 0.0695. The van der Waals surface area contributed by atoms with E-state index in [1.165, 1.54) is 0 Å². The summed E-state index contributed by atoms with van der Waals surface area (Å²) in [5.74, 6) is -0.144. The van der Waals surface area contributed by atoms with Gasteiger partial charge in [-0.2, -0.15) is 0 Å². The van der Waals surface area contributed by atoms with Crippen LogP contribution in [0.5, 0.6) is 5.75 Å². The first-order chi connectivity index (χ1) is 11.1. The molecule has 1 N–H and O–H groups in total. The van der Waals surface area contributed by atoms with E-state index in [2.05, 4.69) is 11.9 Å². The lowest BCUT2D eigenvalue weighted by Crippen LogP contribution is -2.06. The lowest BCUT2D eigenvalue weighted by Gasteiger charge is -2.13. The van der Waals surface area contributed by atoms with Crippen molar-refractivity contribution in [3.63, 3.8) is 0 Å². The molecule has 0 spiro atoms. The molecule has 0 aliphatic rings. The van der Waals surface area contributed by atoms with Gasteiger partial charge in [0.1, 0.15) is 5.75 Å². The highest BCUT2D eigenvalue weighted by Crippen LogP contribution is 2.31. The first-order valence-electron chi connectivity index (χ1n) is 8.03. The Bertz CT molecular complexity index is 695. The summed E-state index contributed by atoms with van der Waals surface area (Å²) < 4.78 is 5.82. The van der Waals surface area contributed by atoms with Crippen LogP contribution < -0.4 is 4.74 Å². The van der Waals surface area contributed by atoms with Crippen LogP contribution in [0.1, 0.15) is 48.3 Å². The van der Waals surface area contributed by atoms with Crippen molar-refractivity contribution in [2.75, 3.05) is 6.61 Å². The smallest absolute Gasteiger partial charge is 0.337 e. The van der Waals surface area contributed by atoms with Gasteiger partial charge < -0.3 is 9.84 Å². The van der Waals surface area contributed by atoms with Crippen LogP contribution >= 0.6 is 0 Å². The number of pyridine rings is 1. The zero-order valence-corrected chi connectivity index (χ0v) is 13.9. The van der Waals surface area contributed by atoms with E-state index in [-0.39, 0.29) is 5.56 Å². The van der Waals surface area contributed by atoms with Crippen LogP contribution in [-0.4, -0.2) is 22.7 Å². The van der Waals surface area contributed by atoms with Gasteiger partial charge in [0.2, 0.25) is 0 Å². The highest BCUT2D eigenvalue weighted by Gasteiger charge is 2.15. The van der Waals surface area contributed by atoms with Crippen molar-refractivity contribution in [2.24, 2.45) is 0 Å². The fourth-order valence-corrected chi connectivity index (χ4v) is 2.46. The normalized spacial score (nSPS) is 10.6. The van der Waals surface area contributed by atoms with Crippen LogP contribution in [0.15, 0.2) is 30.3 Å². The Morgan fingerprint density at radius 1 is 1.17 bits per heavy atom. The number of aryl methyl sites for hydroxylation is 2. The molecule has 0 saturated heterocycles. The maximum absolute atomic E-state index is 11.3. The van der Waals surface area contributed by atoms with Crippen LogP contribution in [-0.2, 0) is 6.42 Å². The highest BCUT2D eigenvalue weighted by atomic mass is 16.5. The SMILES string of the molecule is CCCOc1ccc(C)cc1-c1ccc(C(=O)O)c(CCC)n1. The zero-order chi connectivity index (χ0) is 16.8. The molecule has 0 saturated carbocycles. The largest absolute Gasteiger partial charge is 0.493 e. The lowest BCUT2D eigenvalue weighted by atomic mass is 10.0. The van der Waals surface area contributed by atoms with Crippen molar-refractivity contribution in [1.29, 1.82) is 0 Å². The summed E-state index contributed by atoms with van der Waals surface area (Å²) in [7, 11) is 0. The molecule has 4 nitrogen and oxygen atoms in total. The van der Waals surface area contributed by atoms with Gasteiger partial charge in [-0.1, -0.05) is 31.9 Å². The number of aromatic carboxylic acids is 1. The molecule has 1 heterocycles. The maximum atomic E-state index is 11.3. The molecule has 0 fully saturated rings. The van der Waals surface area contributed by atoms with Gasteiger partial charge in [-0.15, -0.1) is 0 Å². The molecule has 4 heteroatoms. The number of rotatable bonds is 7. The topological polar surface area (TPSA) is 59.4 Å². The zero-order valence-electron chi connectivity index (χ0n) is 13.9. The second-order valence-corrected chi connectivity index (χ2v) is 5.59. The summed E-state index contributed by atoms with van der Waals surface area (Å²) in [6, 6.07) is 9.39. The Balaban J connectivity index is 2.50. The Morgan fingerprint density at radius 3 is 2.61 bits per heavy atom. The Hall–Kier alpha value is -2.36. The maximum Gasteiger partial charge on any atom is 0.337 e. The van der Waals surface area contributed by atoms with Crippen molar-refractivity contribution in [1.82, 2.24) is 4.98 Å². The third kappa shape index (κ3) is 4.09. The Kier molecular flexibility index (Phi) is 5.74. The van der Waals surface area contributed by atoms with E-state index in [0.717, 1.165) is 35.4 Å². The molecule has 0 atom stereocenters. The summed E-state index contributed by atoms with van der Waals surface area (Å²) in [4.78, 5) is 15.9. The average Bonchev–Trinajstić information content (AvgIpc) is 2.53. The second-order valence-electron chi connectivity index (χ2n) is 5.59. The number of carboxylic acid groups (broad SMARTS) is 1. The summed E-state index contributed by atoms with van der Waals surface area (Å²) in [5.41, 5.74) is 3.69. The molecule has 122 valence electrons. The van der Waals surface area contributed by atoms with E-state index in [0.29, 0.717) is 18.7 Å². The third-order valence-electron chi connectivity index (χ3n) is 3.56. The number of nitrogens with zero attached hydrogens (tertiary/aromatic N) is 1. The molecular formula is C19H23NO3. The van der Waals surface area contributed by atoms with Crippen LogP contribution in [0.4, 0.5) is 0 Å². The molecule has 23 heavy (non-hydrogen) atoms. The number of benzene rings is 1.